The number of aryl methyl sites for hydroxylation is 1. The zero-order valence-electron chi connectivity index (χ0n) is 12.0. The normalized spacial score (nSPS) is 23.3. The summed E-state index contributed by atoms with van der Waals surface area (Å²) in [5.41, 5.74) is 8.04. The van der Waals surface area contributed by atoms with Gasteiger partial charge >= 0.3 is 0 Å². The summed E-state index contributed by atoms with van der Waals surface area (Å²) in [5.74, 6) is 2.32. The smallest absolute Gasteiger partial charge is 0.201 e. The first kappa shape index (κ1) is 13.7. The number of aromatic nitrogens is 2. The summed E-state index contributed by atoms with van der Waals surface area (Å²) in [6.07, 6.45) is 6.69. The third-order valence-corrected chi connectivity index (χ3v) is 4.78. The summed E-state index contributed by atoms with van der Waals surface area (Å²) in [5, 5.41) is 0.711. The van der Waals surface area contributed by atoms with Crippen molar-refractivity contribution in [2.75, 3.05) is 5.73 Å². The number of hydrogen-bond acceptors (Lipinski definition) is 2. The van der Waals surface area contributed by atoms with E-state index < -0.39 is 0 Å². The van der Waals surface area contributed by atoms with Crippen LogP contribution in [0.4, 0.5) is 5.95 Å². The Morgan fingerprint density at radius 2 is 2.25 bits per heavy atom. The molecule has 3 rings (SSSR count). The van der Waals surface area contributed by atoms with E-state index in [0.717, 1.165) is 29.4 Å². The number of nitrogen functional groups attached to an aromatic ring is 1. The Hall–Kier alpha value is -1.22. The van der Waals surface area contributed by atoms with Crippen LogP contribution in [-0.2, 0) is 6.54 Å². The minimum atomic E-state index is 0.603. The molecule has 2 aromatic rings. The van der Waals surface area contributed by atoms with Crippen LogP contribution in [0.2, 0.25) is 5.02 Å². The van der Waals surface area contributed by atoms with Crippen LogP contribution in [0.25, 0.3) is 11.0 Å². The van der Waals surface area contributed by atoms with Crippen LogP contribution >= 0.6 is 11.6 Å². The van der Waals surface area contributed by atoms with Crippen molar-refractivity contribution in [3.63, 3.8) is 0 Å². The lowest BCUT2D eigenvalue weighted by atomic mass is 9.81. The fourth-order valence-corrected chi connectivity index (χ4v) is 3.66. The first-order chi connectivity index (χ1) is 9.63. The molecule has 0 saturated heterocycles. The van der Waals surface area contributed by atoms with Gasteiger partial charge in [0.05, 0.1) is 11.0 Å². The predicted molar refractivity (Wildman–Crippen MR) is 84.9 cm³/mol. The lowest BCUT2D eigenvalue weighted by molar-refractivity contribution is 0.262. The molecule has 20 heavy (non-hydrogen) atoms. The predicted octanol–water partition coefficient (Wildman–Crippen LogP) is 4.49. The van der Waals surface area contributed by atoms with Crippen molar-refractivity contribution in [3.8, 4) is 0 Å². The van der Waals surface area contributed by atoms with Gasteiger partial charge in [0, 0.05) is 11.6 Å². The van der Waals surface area contributed by atoms with Gasteiger partial charge in [-0.2, -0.15) is 0 Å². The van der Waals surface area contributed by atoms with Gasteiger partial charge in [-0.05, 0) is 42.9 Å². The van der Waals surface area contributed by atoms with E-state index >= 15 is 0 Å². The molecule has 2 atom stereocenters. The minimum Gasteiger partial charge on any atom is -0.369 e. The highest BCUT2D eigenvalue weighted by molar-refractivity contribution is 6.31. The average Bonchev–Trinajstić information content (AvgIpc) is 2.71. The van der Waals surface area contributed by atoms with Crippen LogP contribution in [-0.4, -0.2) is 9.55 Å². The van der Waals surface area contributed by atoms with Gasteiger partial charge in [0.15, 0.2) is 0 Å². The molecule has 2 unspecified atom stereocenters. The number of nitrogens with two attached hydrogens (primary N) is 1. The van der Waals surface area contributed by atoms with Crippen molar-refractivity contribution in [2.45, 2.75) is 45.6 Å². The molecule has 3 nitrogen and oxygen atoms in total. The Morgan fingerprint density at radius 1 is 1.40 bits per heavy atom. The van der Waals surface area contributed by atoms with E-state index in [4.69, 9.17) is 17.3 Å². The molecule has 2 N–H and O–H groups in total. The molecule has 0 radical (unpaired) electrons. The molecular formula is C16H22ClN3. The topological polar surface area (TPSA) is 43.8 Å². The van der Waals surface area contributed by atoms with E-state index in [1.807, 2.05) is 18.2 Å². The summed E-state index contributed by atoms with van der Waals surface area (Å²) in [7, 11) is 0. The molecular weight excluding hydrogens is 270 g/mol. The second kappa shape index (κ2) is 5.65. The summed E-state index contributed by atoms with van der Waals surface area (Å²) in [6, 6.07) is 5.81. The largest absolute Gasteiger partial charge is 0.369 e. The van der Waals surface area contributed by atoms with E-state index in [9.17, 15) is 0 Å². The number of fused-ring (bicyclic) bond motifs is 1. The highest BCUT2D eigenvalue weighted by atomic mass is 35.5. The SMILES string of the molecule is CC1CCCC(CCn2c(N)nc3cc(Cl)ccc32)C1. The van der Waals surface area contributed by atoms with Crippen LogP contribution < -0.4 is 5.73 Å². The molecule has 108 valence electrons. The Kier molecular flexibility index (Phi) is 3.88. The van der Waals surface area contributed by atoms with Gasteiger partial charge < -0.3 is 10.3 Å². The number of imidazole rings is 1. The van der Waals surface area contributed by atoms with Crippen molar-refractivity contribution in [2.24, 2.45) is 11.8 Å². The van der Waals surface area contributed by atoms with Gasteiger partial charge in [-0.3, -0.25) is 0 Å². The molecule has 1 fully saturated rings. The Balaban J connectivity index is 1.75. The van der Waals surface area contributed by atoms with Gasteiger partial charge in [-0.25, -0.2) is 4.98 Å². The number of rotatable bonds is 3. The minimum absolute atomic E-state index is 0.603. The molecule has 0 aliphatic heterocycles. The first-order valence-corrected chi connectivity index (χ1v) is 7.92. The van der Waals surface area contributed by atoms with Gasteiger partial charge in [0.1, 0.15) is 0 Å². The van der Waals surface area contributed by atoms with Gasteiger partial charge in [-0.15, -0.1) is 0 Å². The number of benzene rings is 1. The van der Waals surface area contributed by atoms with E-state index in [1.54, 1.807) is 0 Å². The van der Waals surface area contributed by atoms with Crippen molar-refractivity contribution >= 4 is 28.6 Å². The third kappa shape index (κ3) is 2.78. The first-order valence-electron chi connectivity index (χ1n) is 7.54. The quantitative estimate of drug-likeness (QED) is 0.905. The van der Waals surface area contributed by atoms with Crippen molar-refractivity contribution < 1.29 is 0 Å². The number of anilines is 1. The third-order valence-electron chi connectivity index (χ3n) is 4.55. The summed E-state index contributed by atoms with van der Waals surface area (Å²) in [6.45, 7) is 3.33. The van der Waals surface area contributed by atoms with E-state index in [2.05, 4.69) is 16.5 Å². The second-order valence-corrected chi connectivity index (χ2v) is 6.62. The molecule has 1 aliphatic rings. The average molecular weight is 292 g/mol. The molecule has 0 bridgehead atoms. The zero-order valence-corrected chi connectivity index (χ0v) is 12.7. The Labute approximate surface area is 125 Å². The van der Waals surface area contributed by atoms with Gasteiger partial charge in [0.25, 0.3) is 0 Å². The monoisotopic (exact) mass is 291 g/mol. The summed E-state index contributed by atoms with van der Waals surface area (Å²) in [4.78, 5) is 4.41. The fourth-order valence-electron chi connectivity index (χ4n) is 3.49. The lowest BCUT2D eigenvalue weighted by Crippen LogP contribution is -2.15. The number of hydrogen-bond donors (Lipinski definition) is 1. The maximum Gasteiger partial charge on any atom is 0.201 e. The maximum atomic E-state index is 6.06. The molecule has 0 amide bonds. The maximum absolute atomic E-state index is 6.06. The van der Waals surface area contributed by atoms with E-state index in [1.165, 1.54) is 32.1 Å². The van der Waals surface area contributed by atoms with Gasteiger partial charge in [0.2, 0.25) is 5.95 Å². The Bertz CT molecular complexity index is 605. The fraction of sp³-hybridized carbons (Fsp3) is 0.562. The number of halogens is 1. The van der Waals surface area contributed by atoms with Crippen molar-refractivity contribution in [1.29, 1.82) is 0 Å². The van der Waals surface area contributed by atoms with Crippen LogP contribution in [0.15, 0.2) is 18.2 Å². The van der Waals surface area contributed by atoms with Crippen LogP contribution in [0, 0.1) is 11.8 Å². The second-order valence-electron chi connectivity index (χ2n) is 6.18. The molecule has 4 heteroatoms. The van der Waals surface area contributed by atoms with Crippen LogP contribution in [0.1, 0.15) is 39.0 Å². The van der Waals surface area contributed by atoms with Crippen molar-refractivity contribution in [3.05, 3.63) is 23.2 Å². The number of nitrogens with zero attached hydrogens (tertiary/aromatic N) is 2. The molecule has 1 aromatic carbocycles. The van der Waals surface area contributed by atoms with E-state index in [0.29, 0.717) is 11.0 Å². The lowest BCUT2D eigenvalue weighted by Gasteiger charge is -2.26. The van der Waals surface area contributed by atoms with Crippen LogP contribution in [0.3, 0.4) is 0 Å². The van der Waals surface area contributed by atoms with Crippen molar-refractivity contribution in [1.82, 2.24) is 9.55 Å². The summed E-state index contributed by atoms with van der Waals surface area (Å²) >= 11 is 6.01. The van der Waals surface area contributed by atoms with Crippen LogP contribution in [0.5, 0.6) is 0 Å². The molecule has 1 heterocycles. The highest BCUT2D eigenvalue weighted by Crippen LogP contribution is 2.32. The standard InChI is InChI=1S/C16H22ClN3/c1-11-3-2-4-12(9-11)7-8-20-15-6-5-13(17)10-14(15)19-16(20)18/h5-6,10-12H,2-4,7-9H2,1H3,(H2,18,19). The highest BCUT2D eigenvalue weighted by Gasteiger charge is 2.19. The molecule has 0 spiro atoms. The molecule has 1 saturated carbocycles. The molecule has 1 aliphatic carbocycles. The molecule has 1 aromatic heterocycles. The summed E-state index contributed by atoms with van der Waals surface area (Å²) < 4.78 is 2.13. The zero-order chi connectivity index (χ0) is 14.1. The van der Waals surface area contributed by atoms with Gasteiger partial charge in [-0.1, -0.05) is 37.8 Å². The Morgan fingerprint density at radius 3 is 3.05 bits per heavy atom. The van der Waals surface area contributed by atoms with E-state index in [-0.39, 0.29) is 0 Å².